The van der Waals surface area contributed by atoms with Crippen LogP contribution in [0.2, 0.25) is 0 Å². The van der Waals surface area contributed by atoms with E-state index in [1.807, 2.05) is 0 Å². The van der Waals surface area contributed by atoms with Crippen molar-refractivity contribution in [2.45, 2.75) is 23.0 Å². The van der Waals surface area contributed by atoms with Crippen molar-refractivity contribution in [3.63, 3.8) is 0 Å². The Labute approximate surface area is 136 Å². The van der Waals surface area contributed by atoms with E-state index in [1.54, 1.807) is 5.43 Å². The van der Waals surface area contributed by atoms with E-state index in [0.29, 0.717) is 0 Å². The second-order valence-corrected chi connectivity index (χ2v) is 8.66. The number of carbonyl (C=O) groups is 2. The number of primary amides is 1. The number of carbonyl (C=O) groups excluding carboxylic acids is 2. The first-order valence-electron chi connectivity index (χ1n) is 6.34. The molecule has 1 aliphatic heterocycles. The molecule has 0 aromatic heterocycles. The second kappa shape index (κ2) is 5.51. The van der Waals surface area contributed by atoms with Crippen LogP contribution in [-0.4, -0.2) is 65.5 Å². The molecule has 24 heavy (non-hydrogen) atoms. The van der Waals surface area contributed by atoms with E-state index in [9.17, 15) is 35.5 Å². The van der Waals surface area contributed by atoms with Gasteiger partial charge in [0, 0.05) is 31.7 Å². The minimum absolute atomic E-state index is 0.296. The van der Waals surface area contributed by atoms with Crippen molar-refractivity contribution in [3.05, 3.63) is 11.8 Å². The minimum atomic E-state index is -4.91. The highest BCUT2D eigenvalue weighted by Gasteiger charge is 2.61. The number of hydrogen-bond donors (Lipinski definition) is 4. The SMILES string of the molecule is CN1C2=CC(=O)C(=NNC(N)=O)CC2(S(=O)(=O)O)CC1S(=O)(=O)O. The van der Waals surface area contributed by atoms with Crippen molar-refractivity contribution < 1.29 is 35.5 Å². The van der Waals surface area contributed by atoms with Gasteiger partial charge >= 0.3 is 6.03 Å². The molecular formula is C10H14N4O8S2. The Morgan fingerprint density at radius 1 is 1.42 bits per heavy atom. The van der Waals surface area contributed by atoms with Crippen molar-refractivity contribution >= 4 is 37.8 Å². The van der Waals surface area contributed by atoms with E-state index >= 15 is 0 Å². The predicted octanol–water partition coefficient (Wildman–Crippen LogP) is -1.96. The molecule has 12 nitrogen and oxygen atoms in total. The molecule has 0 aromatic carbocycles. The summed E-state index contributed by atoms with van der Waals surface area (Å²) < 4.78 is 63.5. The highest BCUT2D eigenvalue weighted by Crippen LogP contribution is 2.47. The minimum Gasteiger partial charge on any atom is -0.358 e. The van der Waals surface area contributed by atoms with Gasteiger partial charge in [-0.15, -0.1) is 0 Å². The summed E-state index contributed by atoms with van der Waals surface area (Å²) in [5.74, 6) is -0.805. The first-order chi connectivity index (χ1) is 10.8. The first-order valence-corrected chi connectivity index (χ1v) is 9.28. The third-order valence-electron chi connectivity index (χ3n) is 3.93. The zero-order valence-corrected chi connectivity index (χ0v) is 13.8. The number of nitrogens with two attached hydrogens (primary N) is 1. The van der Waals surface area contributed by atoms with Crippen LogP contribution in [0.25, 0.3) is 0 Å². The van der Waals surface area contributed by atoms with Gasteiger partial charge in [0.2, 0.25) is 5.78 Å². The summed E-state index contributed by atoms with van der Waals surface area (Å²) in [7, 11) is -8.45. The number of likely N-dealkylation sites (tertiary alicyclic amines) is 1. The smallest absolute Gasteiger partial charge is 0.332 e. The number of allylic oxidation sites excluding steroid dienone is 1. The number of amides is 2. The summed E-state index contributed by atoms with van der Waals surface area (Å²) in [6, 6.07) is -1.11. The standard InChI is InChI=1S/C10H14N4O8S2/c1-14-7-2-6(15)5(12-13-9(11)16)3-10(7,24(20,21)22)4-8(14)23(17,18)19/h2,8H,3-4H2,1H3,(H3,11,13,16)(H,17,18,19)(H,20,21,22). The van der Waals surface area contributed by atoms with Crippen LogP contribution in [-0.2, 0) is 25.0 Å². The Morgan fingerprint density at radius 3 is 2.46 bits per heavy atom. The number of rotatable bonds is 3. The van der Waals surface area contributed by atoms with E-state index in [4.69, 9.17) is 5.73 Å². The van der Waals surface area contributed by atoms with Crippen molar-refractivity contribution in [3.8, 4) is 0 Å². The van der Waals surface area contributed by atoms with Gasteiger partial charge in [-0.05, 0) is 0 Å². The maximum absolute atomic E-state index is 12.0. The Bertz CT molecular complexity index is 875. The fourth-order valence-electron chi connectivity index (χ4n) is 2.81. The lowest BCUT2D eigenvalue weighted by molar-refractivity contribution is -0.109. The molecule has 2 unspecified atom stereocenters. The summed E-state index contributed by atoms with van der Waals surface area (Å²) >= 11 is 0. The van der Waals surface area contributed by atoms with Gasteiger partial charge in [-0.2, -0.15) is 21.9 Å². The van der Waals surface area contributed by atoms with Gasteiger partial charge in [0.05, 0.1) is 0 Å². The molecule has 134 valence electrons. The van der Waals surface area contributed by atoms with Crippen LogP contribution in [0.3, 0.4) is 0 Å². The highest BCUT2D eigenvalue weighted by atomic mass is 32.2. The Morgan fingerprint density at radius 2 is 2.00 bits per heavy atom. The Kier molecular flexibility index (Phi) is 4.20. The number of hydrogen-bond acceptors (Lipinski definition) is 8. The van der Waals surface area contributed by atoms with Crippen LogP contribution in [0, 0.1) is 0 Å². The zero-order chi connectivity index (χ0) is 18.5. The fourth-order valence-corrected chi connectivity index (χ4v) is 5.08. The van der Waals surface area contributed by atoms with Crippen LogP contribution in [0.5, 0.6) is 0 Å². The van der Waals surface area contributed by atoms with Gasteiger partial charge in [-0.1, -0.05) is 0 Å². The number of fused-ring (bicyclic) bond motifs is 1. The van der Waals surface area contributed by atoms with Crippen molar-refractivity contribution in [2.24, 2.45) is 10.8 Å². The Balaban J connectivity index is 2.63. The zero-order valence-electron chi connectivity index (χ0n) is 12.2. The van der Waals surface area contributed by atoms with Crippen LogP contribution < -0.4 is 11.2 Å². The molecule has 2 aliphatic rings. The third kappa shape index (κ3) is 2.88. The molecule has 0 spiro atoms. The predicted molar refractivity (Wildman–Crippen MR) is 79.9 cm³/mol. The van der Waals surface area contributed by atoms with E-state index in [-0.39, 0.29) is 5.70 Å². The molecule has 14 heteroatoms. The lowest BCUT2D eigenvalue weighted by atomic mass is 9.89. The lowest BCUT2D eigenvalue weighted by Gasteiger charge is -2.31. The molecule has 1 saturated heterocycles. The third-order valence-corrected chi connectivity index (χ3v) is 6.61. The van der Waals surface area contributed by atoms with Crippen molar-refractivity contribution in [2.75, 3.05) is 7.05 Å². The largest absolute Gasteiger partial charge is 0.358 e. The number of hydrazone groups is 1. The van der Waals surface area contributed by atoms with Crippen LogP contribution in [0.15, 0.2) is 16.9 Å². The average Bonchev–Trinajstić information content (AvgIpc) is 2.70. The Hall–Kier alpha value is -2.03. The van der Waals surface area contributed by atoms with Crippen molar-refractivity contribution in [1.82, 2.24) is 10.3 Å². The number of urea groups is 1. The quantitative estimate of drug-likeness (QED) is 0.316. The number of nitrogens with zero attached hydrogens (tertiary/aromatic N) is 2. The molecule has 0 bridgehead atoms. The molecule has 0 saturated carbocycles. The molecule has 0 aromatic rings. The molecule has 0 radical (unpaired) electrons. The number of ketones is 1. The highest BCUT2D eigenvalue weighted by molar-refractivity contribution is 7.88. The normalized spacial score (nSPS) is 29.4. The fraction of sp³-hybridized carbons (Fsp3) is 0.500. The summed E-state index contributed by atoms with van der Waals surface area (Å²) in [5.41, 5.74) is 5.84. The van der Waals surface area contributed by atoms with Crippen LogP contribution in [0.1, 0.15) is 12.8 Å². The monoisotopic (exact) mass is 382 g/mol. The van der Waals surface area contributed by atoms with Gasteiger partial charge in [0.15, 0.2) is 5.37 Å². The van der Waals surface area contributed by atoms with E-state index < -0.39 is 60.7 Å². The van der Waals surface area contributed by atoms with Gasteiger partial charge in [0.1, 0.15) is 10.5 Å². The van der Waals surface area contributed by atoms with E-state index in [2.05, 4.69) is 5.10 Å². The molecule has 2 atom stereocenters. The van der Waals surface area contributed by atoms with Crippen LogP contribution >= 0.6 is 0 Å². The topological polar surface area (TPSA) is 197 Å². The molecule has 2 amide bonds. The van der Waals surface area contributed by atoms with Gasteiger partial charge in [0.25, 0.3) is 20.2 Å². The maximum atomic E-state index is 12.0. The lowest BCUT2D eigenvalue weighted by Crippen LogP contribution is -2.46. The molecule has 1 aliphatic carbocycles. The van der Waals surface area contributed by atoms with E-state index in [1.165, 1.54) is 0 Å². The summed E-state index contributed by atoms with van der Waals surface area (Å²) in [6.45, 7) is 0. The van der Waals surface area contributed by atoms with Gasteiger partial charge in [-0.25, -0.2) is 10.2 Å². The molecular weight excluding hydrogens is 368 g/mol. The average molecular weight is 382 g/mol. The van der Waals surface area contributed by atoms with Crippen LogP contribution in [0.4, 0.5) is 4.79 Å². The number of nitrogens with one attached hydrogen (secondary N) is 1. The molecule has 1 fully saturated rings. The molecule has 5 N–H and O–H groups in total. The van der Waals surface area contributed by atoms with Gasteiger partial charge in [-0.3, -0.25) is 13.9 Å². The van der Waals surface area contributed by atoms with Gasteiger partial charge < -0.3 is 10.6 Å². The first kappa shape index (κ1) is 18.3. The van der Waals surface area contributed by atoms with E-state index in [0.717, 1.165) is 18.0 Å². The summed E-state index contributed by atoms with van der Waals surface area (Å²) in [4.78, 5) is 23.6. The summed E-state index contributed by atoms with van der Waals surface area (Å²) in [5, 5.41) is 1.71. The van der Waals surface area contributed by atoms with Crippen molar-refractivity contribution in [1.29, 1.82) is 0 Å². The maximum Gasteiger partial charge on any atom is 0.332 e. The molecule has 2 rings (SSSR count). The second-order valence-electron chi connectivity index (χ2n) is 5.36. The molecule has 1 heterocycles. The summed E-state index contributed by atoms with van der Waals surface area (Å²) in [6.07, 6.45) is -0.646.